The van der Waals surface area contributed by atoms with E-state index in [0.29, 0.717) is 0 Å². The van der Waals surface area contributed by atoms with Crippen LogP contribution in [0.25, 0.3) is 0 Å². The Balaban J connectivity index is 2.63. The predicted molar refractivity (Wildman–Crippen MR) is 81.7 cm³/mol. The Kier molecular flexibility index (Phi) is 6.07. The Morgan fingerprint density at radius 3 is 2.53 bits per heavy atom. The lowest BCUT2D eigenvalue weighted by Crippen LogP contribution is -2.13. The zero-order valence-electron chi connectivity index (χ0n) is 12.0. The van der Waals surface area contributed by atoms with Gasteiger partial charge >= 0.3 is 0 Å². The van der Waals surface area contributed by atoms with E-state index in [1.54, 1.807) is 12.1 Å². The van der Waals surface area contributed by atoms with Crippen molar-refractivity contribution < 1.29 is 4.39 Å². The fourth-order valence-corrected chi connectivity index (χ4v) is 1.57. The Hall–Kier alpha value is -1.83. The van der Waals surface area contributed by atoms with Gasteiger partial charge in [0.25, 0.3) is 0 Å². The number of hydrogen-bond acceptors (Lipinski definition) is 1. The third-order valence-corrected chi connectivity index (χ3v) is 3.12. The molecule has 1 aromatic carbocycles. The van der Waals surface area contributed by atoms with Crippen LogP contribution in [0.5, 0.6) is 0 Å². The zero-order valence-corrected chi connectivity index (χ0v) is 12.0. The van der Waals surface area contributed by atoms with Crippen LogP contribution in [0.2, 0.25) is 0 Å². The average molecular weight is 259 g/mol. The quantitative estimate of drug-likeness (QED) is 0.509. The molecule has 0 fully saturated rings. The lowest BCUT2D eigenvalue weighted by Gasteiger charge is -2.19. The first-order valence-corrected chi connectivity index (χ1v) is 6.54. The van der Waals surface area contributed by atoms with Gasteiger partial charge in [-0.15, -0.1) is 0 Å². The molecule has 0 aliphatic heterocycles. The molecular weight excluding hydrogens is 237 g/mol. The highest BCUT2D eigenvalue weighted by Gasteiger charge is 2.01. The van der Waals surface area contributed by atoms with E-state index in [4.69, 9.17) is 0 Å². The first-order chi connectivity index (χ1) is 9.04. The van der Waals surface area contributed by atoms with Crippen LogP contribution in [0.1, 0.15) is 26.7 Å². The molecule has 1 aromatic rings. The summed E-state index contributed by atoms with van der Waals surface area (Å²) in [6.45, 7) is 8.10. The Morgan fingerprint density at radius 2 is 1.95 bits per heavy atom. The Bertz CT molecular complexity index is 469. The van der Waals surface area contributed by atoms with Gasteiger partial charge in [-0.1, -0.05) is 31.2 Å². The fourth-order valence-electron chi connectivity index (χ4n) is 1.57. The number of halogens is 1. The smallest absolute Gasteiger partial charge is 0.123 e. The van der Waals surface area contributed by atoms with Crippen LogP contribution < -0.4 is 4.90 Å². The van der Waals surface area contributed by atoms with Crippen molar-refractivity contribution in [3.63, 3.8) is 0 Å². The summed E-state index contributed by atoms with van der Waals surface area (Å²) in [5.74, 6) is -0.211. The van der Waals surface area contributed by atoms with E-state index >= 15 is 0 Å². The van der Waals surface area contributed by atoms with Crippen LogP contribution in [0, 0.1) is 5.82 Å². The maximum absolute atomic E-state index is 12.9. The molecule has 102 valence electrons. The number of nitrogens with zero attached hydrogens (tertiary/aromatic N) is 1. The van der Waals surface area contributed by atoms with E-state index in [1.165, 1.54) is 17.7 Å². The summed E-state index contributed by atoms with van der Waals surface area (Å²) in [5.41, 5.74) is 3.31. The monoisotopic (exact) mass is 259 g/mol. The van der Waals surface area contributed by atoms with Gasteiger partial charge in [-0.05, 0) is 50.1 Å². The highest BCUT2D eigenvalue weighted by atomic mass is 19.1. The molecule has 1 nitrogen and oxygen atoms in total. The number of allylic oxidation sites excluding steroid dienone is 5. The number of hydrogen-bond donors (Lipinski definition) is 0. The maximum Gasteiger partial charge on any atom is 0.123 e. The second kappa shape index (κ2) is 7.57. The summed E-state index contributed by atoms with van der Waals surface area (Å²) in [7, 11) is 1.97. The normalized spacial score (nSPS) is 11.9. The zero-order chi connectivity index (χ0) is 14.3. The van der Waals surface area contributed by atoms with E-state index in [-0.39, 0.29) is 5.82 Å². The molecule has 0 bridgehead atoms. The van der Waals surface area contributed by atoms with Crippen LogP contribution in [-0.2, 0) is 0 Å². The minimum atomic E-state index is -0.211. The standard InChI is InChI=1S/C17H22FN/c1-5-14(2)8-6-7-9-15(3)19(4)17-12-10-16(18)11-13-17/h6-7,9-13H,2,5,8H2,1,3-4H3. The first kappa shape index (κ1) is 15.2. The molecule has 0 heterocycles. The molecule has 1 rings (SSSR count). The summed E-state index contributed by atoms with van der Waals surface area (Å²) in [6.07, 6.45) is 8.12. The number of rotatable bonds is 6. The minimum absolute atomic E-state index is 0.211. The largest absolute Gasteiger partial charge is 0.348 e. The van der Waals surface area contributed by atoms with Crippen molar-refractivity contribution >= 4 is 5.69 Å². The van der Waals surface area contributed by atoms with Crippen LogP contribution in [-0.4, -0.2) is 7.05 Å². The molecule has 0 saturated carbocycles. The molecule has 0 amide bonds. The van der Waals surface area contributed by atoms with Gasteiger partial charge in [0, 0.05) is 18.4 Å². The van der Waals surface area contributed by atoms with Crippen molar-refractivity contribution in [3.05, 3.63) is 66.2 Å². The fraction of sp³-hybridized carbons (Fsp3) is 0.294. The molecule has 0 N–H and O–H groups in total. The van der Waals surface area contributed by atoms with Crippen LogP contribution in [0.15, 0.2) is 60.3 Å². The summed E-state index contributed by atoms with van der Waals surface area (Å²) in [6, 6.07) is 6.49. The van der Waals surface area contributed by atoms with Gasteiger partial charge in [-0.25, -0.2) is 4.39 Å². The van der Waals surface area contributed by atoms with Crippen LogP contribution in [0.4, 0.5) is 10.1 Å². The van der Waals surface area contributed by atoms with Gasteiger partial charge in [-0.2, -0.15) is 0 Å². The molecule has 0 atom stereocenters. The highest BCUT2D eigenvalue weighted by molar-refractivity contribution is 5.51. The molecule has 0 aliphatic rings. The van der Waals surface area contributed by atoms with Gasteiger partial charge in [0.1, 0.15) is 5.82 Å². The molecule has 0 unspecified atom stereocenters. The van der Waals surface area contributed by atoms with Gasteiger partial charge in [0.15, 0.2) is 0 Å². The molecule has 0 spiro atoms. The van der Waals surface area contributed by atoms with E-state index in [2.05, 4.69) is 19.6 Å². The van der Waals surface area contributed by atoms with Gasteiger partial charge in [0.2, 0.25) is 0 Å². The number of benzene rings is 1. The summed E-state index contributed by atoms with van der Waals surface area (Å²) in [4.78, 5) is 2.03. The third-order valence-electron chi connectivity index (χ3n) is 3.12. The first-order valence-electron chi connectivity index (χ1n) is 6.54. The van der Waals surface area contributed by atoms with E-state index in [9.17, 15) is 4.39 Å². The van der Waals surface area contributed by atoms with E-state index in [1.807, 2.05) is 31.0 Å². The second-order valence-electron chi connectivity index (χ2n) is 4.58. The molecule has 2 heteroatoms. The molecule has 0 radical (unpaired) electrons. The van der Waals surface area contributed by atoms with Crippen molar-refractivity contribution in [2.75, 3.05) is 11.9 Å². The molecule has 0 aromatic heterocycles. The van der Waals surface area contributed by atoms with Crippen LogP contribution in [0.3, 0.4) is 0 Å². The minimum Gasteiger partial charge on any atom is -0.348 e. The van der Waals surface area contributed by atoms with Crippen LogP contribution >= 0.6 is 0 Å². The molecular formula is C17H22FN. The van der Waals surface area contributed by atoms with Crippen molar-refractivity contribution in [3.8, 4) is 0 Å². The van der Waals surface area contributed by atoms with Gasteiger partial charge in [0.05, 0.1) is 0 Å². The summed E-state index contributed by atoms with van der Waals surface area (Å²) >= 11 is 0. The second-order valence-corrected chi connectivity index (χ2v) is 4.58. The predicted octanol–water partition coefficient (Wildman–Crippen LogP) is 5.08. The van der Waals surface area contributed by atoms with E-state index < -0.39 is 0 Å². The SMILES string of the molecule is C=C(CC)CC=CC=C(C)N(C)c1ccc(F)cc1. The average Bonchev–Trinajstić information content (AvgIpc) is 2.43. The van der Waals surface area contributed by atoms with Crippen molar-refractivity contribution in [2.45, 2.75) is 26.7 Å². The van der Waals surface area contributed by atoms with Crippen molar-refractivity contribution in [2.24, 2.45) is 0 Å². The highest BCUT2D eigenvalue weighted by Crippen LogP contribution is 2.17. The molecule has 19 heavy (non-hydrogen) atoms. The number of anilines is 1. The Morgan fingerprint density at radius 1 is 1.32 bits per heavy atom. The molecule has 0 aliphatic carbocycles. The van der Waals surface area contributed by atoms with Gasteiger partial charge in [-0.3, -0.25) is 0 Å². The summed E-state index contributed by atoms with van der Waals surface area (Å²) < 4.78 is 12.9. The van der Waals surface area contributed by atoms with Crippen molar-refractivity contribution in [1.29, 1.82) is 0 Å². The van der Waals surface area contributed by atoms with Crippen molar-refractivity contribution in [1.82, 2.24) is 0 Å². The topological polar surface area (TPSA) is 3.24 Å². The lowest BCUT2D eigenvalue weighted by atomic mass is 10.1. The third kappa shape index (κ3) is 5.12. The molecule has 0 saturated heterocycles. The van der Waals surface area contributed by atoms with Gasteiger partial charge < -0.3 is 4.90 Å². The maximum atomic E-state index is 12.9. The Labute approximate surface area is 115 Å². The summed E-state index contributed by atoms with van der Waals surface area (Å²) in [5, 5.41) is 0. The lowest BCUT2D eigenvalue weighted by molar-refractivity contribution is 0.628. The van der Waals surface area contributed by atoms with E-state index in [0.717, 1.165) is 24.2 Å².